The van der Waals surface area contributed by atoms with Crippen LogP contribution in [-0.2, 0) is 9.53 Å². The van der Waals surface area contributed by atoms with Crippen LogP contribution in [0, 0.1) is 0 Å². The average Bonchev–Trinajstić information content (AvgIpc) is 2.35. The number of hydrogen-bond acceptors (Lipinski definition) is 4. The molecule has 0 fully saturated rings. The lowest BCUT2D eigenvalue weighted by atomic mass is 10.2. The molecule has 0 saturated carbocycles. The molecule has 0 saturated heterocycles. The van der Waals surface area contributed by atoms with Gasteiger partial charge in [-0.15, -0.1) is 0 Å². The number of nitrogens with two attached hydrogens (primary N) is 1. The Hall–Kier alpha value is -1.50. The molecule has 0 aliphatic carbocycles. The zero-order chi connectivity index (χ0) is 13.4. The predicted molar refractivity (Wildman–Crippen MR) is 73.5 cm³/mol. The molecule has 1 rings (SSSR count). The summed E-state index contributed by atoms with van der Waals surface area (Å²) in [5.41, 5.74) is 6.91. The number of carbonyl (C=O) groups is 1. The van der Waals surface area contributed by atoms with E-state index in [0.29, 0.717) is 10.7 Å². The second kappa shape index (κ2) is 7.75. The van der Waals surface area contributed by atoms with Gasteiger partial charge in [0, 0.05) is 11.3 Å². The standard InChI is InChI=1S/C12H16N2O3S/c13-12(18)9-1-3-10(4-2-9)14-11(16)5-7-17-8-6-15/h1-4,15H,5-8H2,(H2,13,18)(H,14,16). The molecular formula is C12H16N2O3S. The second-order valence-electron chi connectivity index (χ2n) is 3.58. The van der Waals surface area contributed by atoms with Crippen molar-refractivity contribution < 1.29 is 14.6 Å². The molecule has 0 aliphatic rings. The van der Waals surface area contributed by atoms with E-state index in [0.717, 1.165) is 5.56 Å². The lowest BCUT2D eigenvalue weighted by Crippen LogP contribution is -2.15. The Balaban J connectivity index is 2.37. The highest BCUT2D eigenvalue weighted by molar-refractivity contribution is 7.80. The van der Waals surface area contributed by atoms with Gasteiger partial charge < -0.3 is 20.9 Å². The van der Waals surface area contributed by atoms with Gasteiger partial charge in [0.2, 0.25) is 5.91 Å². The van der Waals surface area contributed by atoms with Crippen molar-refractivity contribution in [1.29, 1.82) is 0 Å². The number of amides is 1. The zero-order valence-electron chi connectivity index (χ0n) is 9.89. The molecule has 4 N–H and O–H groups in total. The third-order valence-corrected chi connectivity index (χ3v) is 2.40. The fraction of sp³-hybridized carbons (Fsp3) is 0.333. The number of carbonyl (C=O) groups excluding carboxylic acids is 1. The van der Waals surface area contributed by atoms with E-state index >= 15 is 0 Å². The van der Waals surface area contributed by atoms with Gasteiger partial charge in [0.15, 0.2) is 0 Å². The molecule has 0 bridgehead atoms. The summed E-state index contributed by atoms with van der Waals surface area (Å²) in [6.45, 7) is 0.495. The molecule has 98 valence electrons. The number of ether oxygens (including phenoxy) is 1. The van der Waals surface area contributed by atoms with Crippen molar-refractivity contribution >= 4 is 28.8 Å². The maximum atomic E-state index is 11.5. The molecule has 0 atom stereocenters. The van der Waals surface area contributed by atoms with Crippen molar-refractivity contribution in [2.24, 2.45) is 5.73 Å². The number of hydrogen-bond donors (Lipinski definition) is 3. The highest BCUT2D eigenvalue weighted by Gasteiger charge is 2.03. The number of thiocarbonyl (C=S) groups is 1. The average molecular weight is 268 g/mol. The Morgan fingerprint density at radius 2 is 2.00 bits per heavy atom. The van der Waals surface area contributed by atoms with E-state index in [4.69, 9.17) is 27.8 Å². The Labute approximate surface area is 111 Å². The summed E-state index contributed by atoms with van der Waals surface area (Å²) >= 11 is 4.83. The zero-order valence-corrected chi connectivity index (χ0v) is 10.7. The number of anilines is 1. The molecule has 0 aliphatic heterocycles. The SMILES string of the molecule is NC(=S)c1ccc(NC(=O)CCOCCO)cc1. The minimum atomic E-state index is -0.143. The first-order valence-corrected chi connectivity index (χ1v) is 5.92. The summed E-state index contributed by atoms with van der Waals surface area (Å²) < 4.78 is 5.00. The van der Waals surface area contributed by atoms with Crippen LogP contribution in [-0.4, -0.2) is 35.8 Å². The van der Waals surface area contributed by atoms with Gasteiger partial charge in [0.1, 0.15) is 4.99 Å². The van der Waals surface area contributed by atoms with Crippen LogP contribution in [0.25, 0.3) is 0 Å². The van der Waals surface area contributed by atoms with Crippen molar-refractivity contribution in [3.05, 3.63) is 29.8 Å². The van der Waals surface area contributed by atoms with Gasteiger partial charge >= 0.3 is 0 Å². The predicted octanol–water partition coefficient (Wildman–Crippen LogP) is 0.658. The minimum Gasteiger partial charge on any atom is -0.394 e. The highest BCUT2D eigenvalue weighted by Crippen LogP contribution is 2.09. The van der Waals surface area contributed by atoms with Crippen molar-refractivity contribution in [2.75, 3.05) is 25.1 Å². The van der Waals surface area contributed by atoms with Crippen LogP contribution in [0.2, 0.25) is 0 Å². The molecule has 6 heteroatoms. The molecule has 0 radical (unpaired) electrons. The molecule has 18 heavy (non-hydrogen) atoms. The molecule has 0 heterocycles. The van der Waals surface area contributed by atoms with Crippen LogP contribution < -0.4 is 11.1 Å². The van der Waals surface area contributed by atoms with E-state index < -0.39 is 0 Å². The van der Waals surface area contributed by atoms with Gasteiger partial charge in [0.05, 0.1) is 26.2 Å². The van der Waals surface area contributed by atoms with E-state index in [1.54, 1.807) is 24.3 Å². The van der Waals surface area contributed by atoms with Gasteiger partial charge in [-0.3, -0.25) is 4.79 Å². The van der Waals surface area contributed by atoms with Gasteiger partial charge in [0.25, 0.3) is 0 Å². The first kappa shape index (κ1) is 14.6. The van der Waals surface area contributed by atoms with Crippen molar-refractivity contribution in [3.8, 4) is 0 Å². The van der Waals surface area contributed by atoms with Crippen LogP contribution in [0.15, 0.2) is 24.3 Å². The van der Waals surface area contributed by atoms with E-state index in [2.05, 4.69) is 5.32 Å². The number of aliphatic hydroxyl groups excluding tert-OH is 1. The molecule has 1 aromatic carbocycles. The van der Waals surface area contributed by atoms with Crippen molar-refractivity contribution in [3.63, 3.8) is 0 Å². The van der Waals surface area contributed by atoms with Gasteiger partial charge in [-0.25, -0.2) is 0 Å². The molecule has 5 nitrogen and oxygen atoms in total. The van der Waals surface area contributed by atoms with Crippen molar-refractivity contribution in [1.82, 2.24) is 0 Å². The van der Waals surface area contributed by atoms with Crippen LogP contribution in [0.4, 0.5) is 5.69 Å². The normalized spacial score (nSPS) is 10.1. The maximum Gasteiger partial charge on any atom is 0.226 e. The van der Waals surface area contributed by atoms with Gasteiger partial charge in [-0.2, -0.15) is 0 Å². The highest BCUT2D eigenvalue weighted by atomic mass is 32.1. The van der Waals surface area contributed by atoms with E-state index in [1.807, 2.05) is 0 Å². The van der Waals surface area contributed by atoms with Crippen LogP contribution >= 0.6 is 12.2 Å². The smallest absolute Gasteiger partial charge is 0.226 e. The Kier molecular flexibility index (Phi) is 6.27. The quantitative estimate of drug-likeness (QED) is 0.499. The number of benzene rings is 1. The third-order valence-electron chi connectivity index (χ3n) is 2.16. The topological polar surface area (TPSA) is 84.6 Å². The first-order chi connectivity index (χ1) is 8.63. The largest absolute Gasteiger partial charge is 0.394 e. The third kappa shape index (κ3) is 5.22. The first-order valence-electron chi connectivity index (χ1n) is 5.52. The van der Waals surface area contributed by atoms with Gasteiger partial charge in [-0.05, 0) is 24.3 Å². The van der Waals surface area contributed by atoms with E-state index in [9.17, 15) is 4.79 Å². The second-order valence-corrected chi connectivity index (χ2v) is 4.02. The monoisotopic (exact) mass is 268 g/mol. The molecule has 1 amide bonds. The molecule has 0 spiro atoms. The number of nitrogens with one attached hydrogen (secondary N) is 1. The molecule has 0 unspecified atom stereocenters. The summed E-state index contributed by atoms with van der Waals surface area (Å²) in [6.07, 6.45) is 0.247. The fourth-order valence-corrected chi connectivity index (χ4v) is 1.41. The summed E-state index contributed by atoms with van der Waals surface area (Å²) in [5, 5.41) is 11.2. The van der Waals surface area contributed by atoms with E-state index in [1.165, 1.54) is 0 Å². The minimum absolute atomic E-state index is 0.0396. The lowest BCUT2D eigenvalue weighted by molar-refractivity contribution is -0.117. The maximum absolute atomic E-state index is 11.5. The van der Waals surface area contributed by atoms with Crippen LogP contribution in [0.5, 0.6) is 0 Å². The van der Waals surface area contributed by atoms with Crippen molar-refractivity contribution in [2.45, 2.75) is 6.42 Å². The summed E-state index contributed by atoms with van der Waals surface area (Å²) in [7, 11) is 0. The van der Waals surface area contributed by atoms with Crippen LogP contribution in [0.1, 0.15) is 12.0 Å². The summed E-state index contributed by atoms with van der Waals surface area (Å²) in [4.78, 5) is 11.8. The van der Waals surface area contributed by atoms with Gasteiger partial charge in [-0.1, -0.05) is 12.2 Å². The number of rotatable bonds is 7. The summed E-state index contributed by atoms with van der Waals surface area (Å²) in [5.74, 6) is -0.143. The fourth-order valence-electron chi connectivity index (χ4n) is 1.27. The molecular weight excluding hydrogens is 252 g/mol. The van der Waals surface area contributed by atoms with Crippen LogP contribution in [0.3, 0.4) is 0 Å². The Bertz CT molecular complexity index is 406. The molecule has 0 aromatic heterocycles. The van der Waals surface area contributed by atoms with E-state index in [-0.39, 0.29) is 32.1 Å². The molecule has 1 aromatic rings. The lowest BCUT2D eigenvalue weighted by Gasteiger charge is -2.06. The Morgan fingerprint density at radius 1 is 1.33 bits per heavy atom. The summed E-state index contributed by atoms with van der Waals surface area (Å²) in [6, 6.07) is 6.97. The number of aliphatic hydroxyl groups is 1. The Morgan fingerprint density at radius 3 is 2.56 bits per heavy atom.